The van der Waals surface area contributed by atoms with Gasteiger partial charge in [-0.05, 0) is 19.8 Å². The first kappa shape index (κ1) is 14.2. The van der Waals surface area contributed by atoms with Gasteiger partial charge in [-0.3, -0.25) is 10.1 Å². The number of nitrogens with zero attached hydrogens (tertiary/aromatic N) is 2. The average molecular weight is 252 g/mol. The largest absolute Gasteiger partial charge is 0.370 e. The summed E-state index contributed by atoms with van der Waals surface area (Å²) in [5.41, 5.74) is 0.0504. The molecule has 0 unspecified atom stereocenters. The van der Waals surface area contributed by atoms with Crippen molar-refractivity contribution in [1.29, 1.82) is 0 Å². The second-order valence-electron chi connectivity index (χ2n) is 4.04. The summed E-state index contributed by atoms with van der Waals surface area (Å²) < 4.78 is 0. The summed E-state index contributed by atoms with van der Waals surface area (Å²) in [6, 6.07) is 3.20. The van der Waals surface area contributed by atoms with Gasteiger partial charge in [-0.25, -0.2) is 4.98 Å². The molecule has 100 valence electrons. The maximum atomic E-state index is 10.9. The molecule has 0 fully saturated rings. The number of hydrogen-bond acceptors (Lipinski definition) is 5. The Morgan fingerprint density at radius 3 is 2.39 bits per heavy atom. The van der Waals surface area contributed by atoms with E-state index in [4.69, 9.17) is 0 Å². The number of nitrogens with one attached hydrogen (secondary N) is 2. The minimum atomic E-state index is -0.402. The molecule has 1 aromatic heterocycles. The normalized spacial score (nSPS) is 10.4. The van der Waals surface area contributed by atoms with Crippen LogP contribution in [0.15, 0.2) is 12.1 Å². The molecule has 0 saturated carbocycles. The summed E-state index contributed by atoms with van der Waals surface area (Å²) >= 11 is 0. The molecule has 0 spiro atoms. The molecule has 1 heterocycles. The highest BCUT2D eigenvalue weighted by Gasteiger charge is 2.12. The Kier molecular flexibility index (Phi) is 5.35. The number of anilines is 2. The van der Waals surface area contributed by atoms with E-state index in [1.165, 1.54) is 12.1 Å². The molecule has 0 aliphatic carbocycles. The lowest BCUT2D eigenvalue weighted by Gasteiger charge is -2.16. The minimum absolute atomic E-state index is 0.0504. The first-order valence-electron chi connectivity index (χ1n) is 6.27. The van der Waals surface area contributed by atoms with Crippen molar-refractivity contribution in [2.45, 2.75) is 39.7 Å². The van der Waals surface area contributed by atoms with E-state index in [2.05, 4.69) is 29.5 Å². The lowest BCUT2D eigenvalue weighted by atomic mass is 10.2. The number of hydrogen-bond donors (Lipinski definition) is 2. The zero-order chi connectivity index (χ0) is 13.5. The van der Waals surface area contributed by atoms with Gasteiger partial charge in [0.2, 0.25) is 0 Å². The molecule has 2 N–H and O–H groups in total. The van der Waals surface area contributed by atoms with Crippen LogP contribution in [0.2, 0.25) is 0 Å². The van der Waals surface area contributed by atoms with Gasteiger partial charge >= 0.3 is 0 Å². The molecule has 0 aliphatic rings. The molecule has 0 aromatic carbocycles. The third kappa shape index (κ3) is 3.87. The van der Waals surface area contributed by atoms with Gasteiger partial charge in [-0.15, -0.1) is 0 Å². The summed E-state index contributed by atoms with van der Waals surface area (Å²) in [4.78, 5) is 14.8. The molecule has 0 amide bonds. The van der Waals surface area contributed by atoms with Crippen LogP contribution in [0.5, 0.6) is 0 Å². The SMILES string of the molecule is CCNc1cc([N+](=O)[O-])cc(NC(CC)CC)n1. The monoisotopic (exact) mass is 252 g/mol. The van der Waals surface area contributed by atoms with Gasteiger partial charge in [0.05, 0.1) is 17.1 Å². The number of rotatable bonds is 7. The number of pyridine rings is 1. The number of nitro groups is 1. The highest BCUT2D eigenvalue weighted by molar-refractivity contribution is 5.54. The Hall–Kier alpha value is -1.85. The minimum Gasteiger partial charge on any atom is -0.370 e. The van der Waals surface area contributed by atoms with E-state index in [-0.39, 0.29) is 11.7 Å². The second kappa shape index (κ2) is 6.78. The van der Waals surface area contributed by atoms with E-state index in [0.717, 1.165) is 12.8 Å². The molecule has 6 nitrogen and oxygen atoms in total. The Morgan fingerprint density at radius 1 is 1.28 bits per heavy atom. The Bertz CT molecular complexity index is 405. The van der Waals surface area contributed by atoms with Gasteiger partial charge in [0.1, 0.15) is 11.6 Å². The summed E-state index contributed by atoms with van der Waals surface area (Å²) in [5.74, 6) is 1.08. The van der Waals surface area contributed by atoms with E-state index >= 15 is 0 Å². The lowest BCUT2D eigenvalue weighted by Crippen LogP contribution is -2.18. The predicted octanol–water partition coefficient (Wildman–Crippen LogP) is 3.02. The van der Waals surface area contributed by atoms with Crippen LogP contribution in [0.3, 0.4) is 0 Å². The molecule has 1 aromatic rings. The van der Waals surface area contributed by atoms with Gasteiger partial charge in [-0.2, -0.15) is 0 Å². The fraction of sp³-hybridized carbons (Fsp3) is 0.583. The van der Waals surface area contributed by atoms with Crippen LogP contribution >= 0.6 is 0 Å². The van der Waals surface area contributed by atoms with Crippen molar-refractivity contribution in [2.75, 3.05) is 17.2 Å². The van der Waals surface area contributed by atoms with Crippen molar-refractivity contribution in [1.82, 2.24) is 4.98 Å². The molecule has 6 heteroatoms. The molecule has 0 bridgehead atoms. The van der Waals surface area contributed by atoms with Crippen molar-refractivity contribution >= 4 is 17.3 Å². The van der Waals surface area contributed by atoms with Crippen LogP contribution < -0.4 is 10.6 Å². The molecule has 0 atom stereocenters. The second-order valence-corrected chi connectivity index (χ2v) is 4.04. The van der Waals surface area contributed by atoms with Crippen molar-refractivity contribution in [3.8, 4) is 0 Å². The van der Waals surface area contributed by atoms with E-state index in [9.17, 15) is 10.1 Å². The van der Waals surface area contributed by atoms with Crippen LogP contribution in [0.1, 0.15) is 33.6 Å². The van der Waals surface area contributed by atoms with Crippen LogP contribution in [0.25, 0.3) is 0 Å². The van der Waals surface area contributed by atoms with E-state index < -0.39 is 4.92 Å². The highest BCUT2D eigenvalue weighted by atomic mass is 16.6. The maximum absolute atomic E-state index is 10.9. The Balaban J connectivity index is 2.98. The topological polar surface area (TPSA) is 80.1 Å². The standard InChI is InChI=1S/C12H20N4O2/c1-4-9(5-2)14-12-8-10(16(17)18)7-11(15-12)13-6-3/h7-9H,4-6H2,1-3H3,(H2,13,14,15). The molecule has 0 aliphatic heterocycles. The average Bonchev–Trinajstić information content (AvgIpc) is 2.36. The lowest BCUT2D eigenvalue weighted by molar-refractivity contribution is -0.384. The van der Waals surface area contributed by atoms with E-state index in [0.29, 0.717) is 18.2 Å². The van der Waals surface area contributed by atoms with E-state index in [1.807, 2.05) is 6.92 Å². The summed E-state index contributed by atoms with van der Waals surface area (Å²) in [5, 5.41) is 17.1. The van der Waals surface area contributed by atoms with Crippen molar-refractivity contribution in [3.05, 3.63) is 22.2 Å². The van der Waals surface area contributed by atoms with Gasteiger partial charge in [0.15, 0.2) is 0 Å². The van der Waals surface area contributed by atoms with Crippen molar-refractivity contribution in [3.63, 3.8) is 0 Å². The Morgan fingerprint density at radius 2 is 1.89 bits per heavy atom. The molecule has 0 saturated heterocycles. The zero-order valence-electron chi connectivity index (χ0n) is 11.1. The van der Waals surface area contributed by atoms with Crippen LogP contribution in [-0.4, -0.2) is 22.5 Å². The highest BCUT2D eigenvalue weighted by Crippen LogP contribution is 2.21. The maximum Gasteiger partial charge on any atom is 0.276 e. The smallest absolute Gasteiger partial charge is 0.276 e. The van der Waals surface area contributed by atoms with Crippen LogP contribution in [0.4, 0.5) is 17.3 Å². The quantitative estimate of drug-likeness (QED) is 0.576. The Labute approximate surface area is 107 Å². The predicted molar refractivity (Wildman–Crippen MR) is 73.0 cm³/mol. The van der Waals surface area contributed by atoms with Gasteiger partial charge in [-0.1, -0.05) is 13.8 Å². The van der Waals surface area contributed by atoms with E-state index in [1.54, 1.807) is 0 Å². The molecule has 18 heavy (non-hydrogen) atoms. The molecule has 0 radical (unpaired) electrons. The first-order chi connectivity index (χ1) is 8.60. The third-order valence-corrected chi connectivity index (χ3v) is 2.72. The summed E-state index contributed by atoms with van der Waals surface area (Å²) in [7, 11) is 0. The molecular formula is C12H20N4O2. The van der Waals surface area contributed by atoms with Gasteiger partial charge < -0.3 is 10.6 Å². The van der Waals surface area contributed by atoms with Crippen LogP contribution in [0, 0.1) is 10.1 Å². The fourth-order valence-corrected chi connectivity index (χ4v) is 1.67. The third-order valence-electron chi connectivity index (χ3n) is 2.72. The number of aromatic nitrogens is 1. The summed E-state index contributed by atoms with van der Waals surface area (Å²) in [6.07, 6.45) is 1.91. The zero-order valence-corrected chi connectivity index (χ0v) is 11.1. The molecular weight excluding hydrogens is 232 g/mol. The molecule has 1 rings (SSSR count). The first-order valence-corrected chi connectivity index (χ1v) is 6.27. The van der Waals surface area contributed by atoms with Gasteiger partial charge in [0.25, 0.3) is 5.69 Å². The van der Waals surface area contributed by atoms with Gasteiger partial charge in [0, 0.05) is 12.6 Å². The summed E-state index contributed by atoms with van der Waals surface area (Å²) in [6.45, 7) is 6.75. The van der Waals surface area contributed by atoms with Crippen molar-refractivity contribution in [2.24, 2.45) is 0 Å². The van der Waals surface area contributed by atoms with Crippen LogP contribution in [-0.2, 0) is 0 Å². The fourth-order valence-electron chi connectivity index (χ4n) is 1.67. The van der Waals surface area contributed by atoms with Crippen molar-refractivity contribution < 1.29 is 4.92 Å².